The number of hydrogen-bond acceptors (Lipinski definition) is 7. The molecule has 2 amide bonds. The average molecular weight is 472 g/mol. The van der Waals surface area contributed by atoms with Crippen LogP contribution in [0.4, 0.5) is 18.9 Å². The Morgan fingerprint density at radius 3 is 2.27 bits per heavy atom. The topological polar surface area (TPSA) is 105 Å². The fourth-order valence-corrected chi connectivity index (χ4v) is 2.87. The standard InChI is InChI=1S/C18H18F3N3O5.Ni/c1-4-10(5-2)24-16(27)11-7-6-8-12(13(11)17(24)28)22-23-15(29-9(3)25)14(26)18(19,20)21;/h6-8,10,22H,4-5H2,1-3H3;/q;+2. The summed E-state index contributed by atoms with van der Waals surface area (Å²) in [4.78, 5) is 48.9. The van der Waals surface area contributed by atoms with Crippen LogP contribution in [0.25, 0.3) is 0 Å². The van der Waals surface area contributed by atoms with Crippen LogP contribution in [0, 0.1) is 0 Å². The second-order valence-electron chi connectivity index (χ2n) is 6.13. The van der Waals surface area contributed by atoms with Gasteiger partial charge in [0.2, 0.25) is 0 Å². The zero-order chi connectivity index (χ0) is 21.9. The summed E-state index contributed by atoms with van der Waals surface area (Å²) in [6.45, 7) is 4.43. The summed E-state index contributed by atoms with van der Waals surface area (Å²) in [6, 6.07) is 3.76. The minimum absolute atomic E-state index is 0. The summed E-state index contributed by atoms with van der Waals surface area (Å²) in [6.07, 6.45) is -4.27. The van der Waals surface area contributed by atoms with Crippen molar-refractivity contribution in [1.29, 1.82) is 0 Å². The zero-order valence-electron chi connectivity index (χ0n) is 16.1. The van der Waals surface area contributed by atoms with Crippen molar-refractivity contribution in [2.24, 2.45) is 5.10 Å². The number of anilines is 1. The second-order valence-corrected chi connectivity index (χ2v) is 6.13. The molecule has 1 heterocycles. The van der Waals surface area contributed by atoms with Gasteiger partial charge in [0.25, 0.3) is 17.7 Å². The monoisotopic (exact) mass is 471 g/mol. The molecule has 12 heteroatoms. The number of benzene rings is 1. The van der Waals surface area contributed by atoms with E-state index in [1.165, 1.54) is 18.2 Å². The number of esters is 1. The fraction of sp³-hybridized carbons (Fsp3) is 0.389. The Labute approximate surface area is 179 Å². The molecule has 0 atom stereocenters. The Bertz CT molecular complexity index is 898. The van der Waals surface area contributed by atoms with Gasteiger partial charge >= 0.3 is 34.4 Å². The molecule has 0 saturated heterocycles. The number of fused-ring (bicyclic) bond motifs is 1. The van der Waals surface area contributed by atoms with Gasteiger partial charge in [-0.2, -0.15) is 13.2 Å². The number of hydrazone groups is 1. The number of carbonyl (C=O) groups is 4. The molecule has 0 fully saturated rings. The second kappa shape index (κ2) is 9.84. The maximum Gasteiger partial charge on any atom is 2.00 e. The molecule has 8 nitrogen and oxygen atoms in total. The number of nitrogens with one attached hydrogen (secondary N) is 1. The van der Waals surface area contributed by atoms with Gasteiger partial charge in [0.15, 0.2) is 0 Å². The molecule has 2 rings (SSSR count). The van der Waals surface area contributed by atoms with Gasteiger partial charge in [-0.3, -0.25) is 29.5 Å². The number of ketones is 1. The van der Waals surface area contributed by atoms with Crippen LogP contribution < -0.4 is 5.43 Å². The Hall–Kier alpha value is -2.75. The van der Waals surface area contributed by atoms with E-state index in [0.29, 0.717) is 12.8 Å². The van der Waals surface area contributed by atoms with Crippen molar-refractivity contribution >= 4 is 35.2 Å². The Kier molecular flexibility index (Phi) is 8.29. The number of ether oxygens (including phenoxy) is 1. The van der Waals surface area contributed by atoms with Crippen LogP contribution >= 0.6 is 0 Å². The molecule has 0 saturated carbocycles. The normalized spacial score (nSPS) is 13.8. The van der Waals surface area contributed by atoms with E-state index in [1.54, 1.807) is 0 Å². The SMILES string of the molecule is CCC(CC)N1C(=O)c2cccc(NN=C(OC(C)=O)C(=O)C(F)(F)F)c2C1=O.[Ni+2]. The van der Waals surface area contributed by atoms with E-state index in [4.69, 9.17) is 0 Å². The van der Waals surface area contributed by atoms with Crippen LogP contribution in [-0.2, 0) is 30.8 Å². The van der Waals surface area contributed by atoms with Crippen molar-refractivity contribution in [1.82, 2.24) is 4.90 Å². The first-order valence-corrected chi connectivity index (χ1v) is 8.67. The van der Waals surface area contributed by atoms with Gasteiger partial charge in [-0.1, -0.05) is 19.9 Å². The number of nitrogens with zero attached hydrogens (tertiary/aromatic N) is 2. The molecule has 1 aromatic carbocycles. The average Bonchev–Trinajstić information content (AvgIpc) is 2.90. The molecule has 0 bridgehead atoms. The van der Waals surface area contributed by atoms with Crippen LogP contribution in [0.2, 0.25) is 0 Å². The van der Waals surface area contributed by atoms with Crippen molar-refractivity contribution < 1.29 is 53.6 Å². The summed E-state index contributed by atoms with van der Waals surface area (Å²) in [7, 11) is 0. The third kappa shape index (κ3) is 5.05. The van der Waals surface area contributed by atoms with E-state index in [0.717, 1.165) is 11.8 Å². The molecule has 0 unspecified atom stereocenters. The quantitative estimate of drug-likeness (QED) is 0.171. The number of imide groups is 1. The van der Waals surface area contributed by atoms with Gasteiger partial charge in [-0.25, -0.2) is 0 Å². The summed E-state index contributed by atoms with van der Waals surface area (Å²) in [5.74, 6) is -6.36. The number of halogens is 3. The van der Waals surface area contributed by atoms with Gasteiger partial charge in [0.05, 0.1) is 16.8 Å². The fourth-order valence-electron chi connectivity index (χ4n) is 2.87. The van der Waals surface area contributed by atoms with Crippen molar-refractivity contribution in [2.75, 3.05) is 5.43 Å². The van der Waals surface area contributed by atoms with Gasteiger partial charge in [-0.05, 0) is 25.0 Å². The van der Waals surface area contributed by atoms with Crippen LogP contribution in [0.3, 0.4) is 0 Å². The van der Waals surface area contributed by atoms with E-state index < -0.39 is 35.6 Å². The molecule has 0 radical (unpaired) electrons. The minimum Gasteiger partial charge on any atom is -0.402 e. The van der Waals surface area contributed by atoms with E-state index in [2.05, 4.69) is 15.3 Å². The van der Waals surface area contributed by atoms with Crippen molar-refractivity contribution in [3.05, 3.63) is 29.3 Å². The van der Waals surface area contributed by atoms with Gasteiger partial charge in [-0.15, -0.1) is 5.10 Å². The Morgan fingerprint density at radius 2 is 1.77 bits per heavy atom. The smallest absolute Gasteiger partial charge is 0.402 e. The van der Waals surface area contributed by atoms with Crippen LogP contribution in [0.15, 0.2) is 23.3 Å². The predicted molar refractivity (Wildman–Crippen MR) is 95.2 cm³/mol. The first-order chi connectivity index (χ1) is 13.5. The van der Waals surface area contributed by atoms with E-state index >= 15 is 0 Å². The molecular weight excluding hydrogens is 454 g/mol. The van der Waals surface area contributed by atoms with Crippen molar-refractivity contribution in [2.45, 2.75) is 45.8 Å². The number of rotatable bonds is 6. The van der Waals surface area contributed by atoms with Crippen molar-refractivity contribution in [3.8, 4) is 0 Å². The Morgan fingerprint density at radius 1 is 1.17 bits per heavy atom. The van der Waals surface area contributed by atoms with E-state index in [9.17, 15) is 32.3 Å². The molecule has 0 aliphatic carbocycles. The number of hydrogen-bond donors (Lipinski definition) is 1. The van der Waals surface area contributed by atoms with E-state index in [-0.39, 0.29) is 39.3 Å². The molecule has 0 aromatic heterocycles. The van der Waals surface area contributed by atoms with Crippen molar-refractivity contribution in [3.63, 3.8) is 0 Å². The molecule has 164 valence electrons. The molecular formula is C18H18F3N3NiO5+2. The molecule has 30 heavy (non-hydrogen) atoms. The molecule has 1 aliphatic rings. The first-order valence-electron chi connectivity index (χ1n) is 8.67. The van der Waals surface area contributed by atoms with Crippen LogP contribution in [-0.4, -0.2) is 46.6 Å². The summed E-state index contributed by atoms with van der Waals surface area (Å²) < 4.78 is 42.3. The van der Waals surface area contributed by atoms with Gasteiger partial charge in [0.1, 0.15) is 0 Å². The largest absolute Gasteiger partial charge is 2.00 e. The Balaban J connectivity index is 0.00000450. The maximum atomic E-state index is 12.8. The maximum absolute atomic E-state index is 12.8. The van der Waals surface area contributed by atoms with E-state index in [1.807, 2.05) is 13.8 Å². The molecule has 1 aliphatic heterocycles. The van der Waals surface area contributed by atoms with Crippen LogP contribution in [0.5, 0.6) is 0 Å². The third-order valence-corrected chi connectivity index (χ3v) is 4.22. The number of amides is 2. The number of alkyl halides is 3. The predicted octanol–water partition coefficient (Wildman–Crippen LogP) is 2.89. The first kappa shape index (κ1) is 25.3. The van der Waals surface area contributed by atoms with Gasteiger partial charge < -0.3 is 4.74 Å². The van der Waals surface area contributed by atoms with Gasteiger partial charge in [0, 0.05) is 13.0 Å². The number of carbonyl (C=O) groups excluding carboxylic acids is 4. The summed E-state index contributed by atoms with van der Waals surface area (Å²) in [5, 5.41) is 3.22. The van der Waals surface area contributed by atoms with Crippen LogP contribution in [0.1, 0.15) is 54.3 Å². The third-order valence-electron chi connectivity index (χ3n) is 4.22. The number of Topliss-reactive ketones (excluding diaryl/α,β-unsaturated/α-hetero) is 1. The summed E-state index contributed by atoms with van der Waals surface area (Å²) in [5.41, 5.74) is 2.00. The minimum atomic E-state index is -5.33. The molecule has 0 spiro atoms. The molecule has 1 aromatic rings. The summed E-state index contributed by atoms with van der Waals surface area (Å²) >= 11 is 0. The molecule has 1 N–H and O–H groups in total. The zero-order valence-corrected chi connectivity index (χ0v) is 17.1.